The maximum atomic E-state index is 11.9. The molecule has 0 bridgehead atoms. The zero-order valence-corrected chi connectivity index (χ0v) is 16.7. The molecular formula is C18H29IN4O. The number of aliphatic imine (C=N–C) groups is 1. The summed E-state index contributed by atoms with van der Waals surface area (Å²) in [5.74, 6) is 0.849. The molecule has 0 aliphatic heterocycles. The highest BCUT2D eigenvalue weighted by Crippen LogP contribution is 2.17. The van der Waals surface area contributed by atoms with Gasteiger partial charge in [-0.25, -0.2) is 0 Å². The quantitative estimate of drug-likeness (QED) is 0.359. The van der Waals surface area contributed by atoms with Crippen LogP contribution in [0.15, 0.2) is 35.3 Å². The number of halogens is 1. The summed E-state index contributed by atoms with van der Waals surface area (Å²) in [5.41, 5.74) is 1.11. The fourth-order valence-electron chi connectivity index (χ4n) is 2.81. The molecule has 1 saturated carbocycles. The first-order chi connectivity index (χ1) is 11.3. The molecule has 24 heavy (non-hydrogen) atoms. The van der Waals surface area contributed by atoms with Crippen molar-refractivity contribution in [3.8, 4) is 0 Å². The Morgan fingerprint density at radius 3 is 2.50 bits per heavy atom. The van der Waals surface area contributed by atoms with Gasteiger partial charge in [0.1, 0.15) is 0 Å². The lowest BCUT2D eigenvalue weighted by Gasteiger charge is -2.24. The first kappa shape index (κ1) is 20.7. The van der Waals surface area contributed by atoms with Gasteiger partial charge < -0.3 is 16.0 Å². The molecule has 0 spiro atoms. The Balaban J connectivity index is 0.00000288. The van der Waals surface area contributed by atoms with E-state index >= 15 is 0 Å². The van der Waals surface area contributed by atoms with Crippen LogP contribution in [-0.2, 0) is 11.3 Å². The van der Waals surface area contributed by atoms with Crippen molar-refractivity contribution in [2.45, 2.75) is 51.1 Å². The van der Waals surface area contributed by atoms with Crippen LogP contribution in [0.3, 0.4) is 0 Å². The number of guanidine groups is 1. The number of nitrogens with zero attached hydrogens (tertiary/aromatic N) is 1. The van der Waals surface area contributed by atoms with E-state index in [9.17, 15) is 4.79 Å². The Hall–Kier alpha value is -1.31. The van der Waals surface area contributed by atoms with Gasteiger partial charge in [0.05, 0.1) is 0 Å². The fraction of sp³-hybridized carbons (Fsp3) is 0.556. The van der Waals surface area contributed by atoms with Crippen LogP contribution in [0.2, 0.25) is 0 Å². The summed E-state index contributed by atoms with van der Waals surface area (Å²) < 4.78 is 0. The molecule has 3 N–H and O–H groups in total. The van der Waals surface area contributed by atoms with E-state index in [2.05, 4.69) is 20.9 Å². The standard InChI is InChI=1S/C18H28N4O.HI/c1-19-18(22-16-10-6-3-7-11-16)20-13-12-17(23)21-14-15-8-4-2-5-9-15;/h2,4-5,8-9,16H,3,6-7,10-14H2,1H3,(H,21,23)(H2,19,20,22);1H. The van der Waals surface area contributed by atoms with Crippen molar-refractivity contribution in [2.24, 2.45) is 4.99 Å². The maximum absolute atomic E-state index is 11.9. The number of amides is 1. The normalized spacial score (nSPS) is 15.3. The number of rotatable bonds is 6. The van der Waals surface area contributed by atoms with E-state index in [0.717, 1.165) is 11.5 Å². The Morgan fingerprint density at radius 2 is 1.83 bits per heavy atom. The highest BCUT2D eigenvalue weighted by Gasteiger charge is 2.14. The number of nitrogens with one attached hydrogen (secondary N) is 3. The van der Waals surface area contributed by atoms with E-state index in [1.165, 1.54) is 32.1 Å². The van der Waals surface area contributed by atoms with Crippen LogP contribution in [-0.4, -0.2) is 31.5 Å². The van der Waals surface area contributed by atoms with Crippen LogP contribution in [0.1, 0.15) is 44.1 Å². The molecule has 1 aromatic rings. The van der Waals surface area contributed by atoms with Gasteiger partial charge in [0.2, 0.25) is 5.91 Å². The Morgan fingerprint density at radius 1 is 1.12 bits per heavy atom. The molecule has 0 atom stereocenters. The van der Waals surface area contributed by atoms with Gasteiger partial charge in [-0.15, -0.1) is 24.0 Å². The van der Waals surface area contributed by atoms with Crippen LogP contribution >= 0.6 is 24.0 Å². The number of carbonyl (C=O) groups is 1. The predicted molar refractivity (Wildman–Crippen MR) is 110 cm³/mol. The lowest BCUT2D eigenvalue weighted by atomic mass is 9.96. The van der Waals surface area contributed by atoms with Crippen LogP contribution < -0.4 is 16.0 Å². The van der Waals surface area contributed by atoms with E-state index in [4.69, 9.17) is 0 Å². The van der Waals surface area contributed by atoms with Gasteiger partial charge in [0, 0.05) is 32.6 Å². The molecular weight excluding hydrogens is 415 g/mol. The zero-order chi connectivity index (χ0) is 16.3. The monoisotopic (exact) mass is 444 g/mol. The summed E-state index contributed by atoms with van der Waals surface area (Å²) in [6.45, 7) is 1.17. The van der Waals surface area contributed by atoms with Gasteiger partial charge >= 0.3 is 0 Å². The zero-order valence-electron chi connectivity index (χ0n) is 14.4. The molecule has 1 amide bonds. The first-order valence-corrected chi connectivity index (χ1v) is 8.56. The Labute approximate surface area is 162 Å². The van der Waals surface area contributed by atoms with Crippen molar-refractivity contribution in [1.82, 2.24) is 16.0 Å². The Kier molecular flexibility index (Phi) is 10.5. The van der Waals surface area contributed by atoms with Gasteiger partial charge in [0.15, 0.2) is 5.96 Å². The Bertz CT molecular complexity index is 501. The summed E-state index contributed by atoms with van der Waals surface area (Å²) in [5, 5.41) is 9.60. The highest BCUT2D eigenvalue weighted by molar-refractivity contribution is 14.0. The van der Waals surface area contributed by atoms with E-state index in [1.54, 1.807) is 7.05 Å². The van der Waals surface area contributed by atoms with Crippen molar-refractivity contribution in [3.05, 3.63) is 35.9 Å². The topological polar surface area (TPSA) is 65.5 Å². The molecule has 5 nitrogen and oxygen atoms in total. The predicted octanol–water partition coefficient (Wildman–Crippen LogP) is 2.81. The molecule has 1 aliphatic carbocycles. The SMILES string of the molecule is CN=C(NCCC(=O)NCc1ccccc1)NC1CCCCC1.I. The smallest absolute Gasteiger partial charge is 0.222 e. The second kappa shape index (κ2) is 12.1. The van der Waals surface area contributed by atoms with E-state index in [0.29, 0.717) is 25.6 Å². The van der Waals surface area contributed by atoms with Crippen LogP contribution in [0, 0.1) is 0 Å². The second-order valence-electron chi connectivity index (χ2n) is 5.99. The highest BCUT2D eigenvalue weighted by atomic mass is 127. The van der Waals surface area contributed by atoms with E-state index < -0.39 is 0 Å². The van der Waals surface area contributed by atoms with E-state index in [-0.39, 0.29) is 29.9 Å². The molecule has 134 valence electrons. The third-order valence-corrected chi connectivity index (χ3v) is 4.15. The molecule has 0 aromatic heterocycles. The van der Waals surface area contributed by atoms with Crippen LogP contribution in [0.5, 0.6) is 0 Å². The molecule has 1 aromatic carbocycles. The summed E-state index contributed by atoms with van der Waals surface area (Å²) in [7, 11) is 1.77. The van der Waals surface area contributed by atoms with Gasteiger partial charge in [-0.2, -0.15) is 0 Å². The van der Waals surface area contributed by atoms with Crippen molar-refractivity contribution in [1.29, 1.82) is 0 Å². The maximum Gasteiger partial charge on any atom is 0.222 e. The molecule has 0 heterocycles. The molecule has 0 radical (unpaired) electrons. The average molecular weight is 444 g/mol. The third-order valence-electron chi connectivity index (χ3n) is 4.15. The van der Waals surface area contributed by atoms with Crippen molar-refractivity contribution >= 4 is 35.8 Å². The molecule has 2 rings (SSSR count). The number of hydrogen-bond acceptors (Lipinski definition) is 2. The molecule has 6 heteroatoms. The first-order valence-electron chi connectivity index (χ1n) is 8.56. The van der Waals surface area contributed by atoms with Gasteiger partial charge in [-0.1, -0.05) is 49.6 Å². The van der Waals surface area contributed by atoms with E-state index in [1.807, 2.05) is 30.3 Å². The number of carbonyl (C=O) groups excluding carboxylic acids is 1. The number of benzene rings is 1. The molecule has 1 aliphatic rings. The third kappa shape index (κ3) is 7.99. The van der Waals surface area contributed by atoms with Crippen molar-refractivity contribution in [2.75, 3.05) is 13.6 Å². The van der Waals surface area contributed by atoms with Gasteiger partial charge in [0.25, 0.3) is 0 Å². The minimum Gasteiger partial charge on any atom is -0.356 e. The minimum absolute atomic E-state index is 0. The van der Waals surface area contributed by atoms with Gasteiger partial charge in [-0.05, 0) is 18.4 Å². The lowest BCUT2D eigenvalue weighted by molar-refractivity contribution is -0.121. The summed E-state index contributed by atoms with van der Waals surface area (Å²) in [4.78, 5) is 16.1. The van der Waals surface area contributed by atoms with Crippen molar-refractivity contribution < 1.29 is 4.79 Å². The fourth-order valence-corrected chi connectivity index (χ4v) is 2.81. The van der Waals surface area contributed by atoms with Crippen molar-refractivity contribution in [3.63, 3.8) is 0 Å². The lowest BCUT2D eigenvalue weighted by Crippen LogP contribution is -2.45. The summed E-state index contributed by atoms with van der Waals surface area (Å²) in [6, 6.07) is 10.5. The molecule has 0 saturated heterocycles. The van der Waals surface area contributed by atoms with Gasteiger partial charge in [-0.3, -0.25) is 9.79 Å². The van der Waals surface area contributed by atoms with Crippen LogP contribution in [0.4, 0.5) is 0 Å². The summed E-state index contributed by atoms with van der Waals surface area (Å²) >= 11 is 0. The number of hydrogen-bond donors (Lipinski definition) is 3. The largest absolute Gasteiger partial charge is 0.356 e. The molecule has 0 unspecified atom stereocenters. The second-order valence-corrected chi connectivity index (χ2v) is 5.99. The van der Waals surface area contributed by atoms with Crippen LogP contribution in [0.25, 0.3) is 0 Å². The minimum atomic E-state index is 0. The average Bonchev–Trinajstić information content (AvgIpc) is 2.61. The summed E-state index contributed by atoms with van der Waals surface area (Å²) in [6.07, 6.45) is 6.77. The molecule has 1 fully saturated rings.